The van der Waals surface area contributed by atoms with Gasteiger partial charge in [-0.2, -0.15) is 0 Å². The van der Waals surface area contributed by atoms with Crippen molar-refractivity contribution in [1.29, 1.82) is 0 Å². The van der Waals surface area contributed by atoms with Crippen LogP contribution in [0.2, 0.25) is 0 Å². The summed E-state index contributed by atoms with van der Waals surface area (Å²) < 4.78 is 5.90. The van der Waals surface area contributed by atoms with Crippen LogP contribution in [0, 0.1) is 0 Å². The van der Waals surface area contributed by atoms with Crippen LogP contribution in [0.4, 0.5) is 0 Å². The van der Waals surface area contributed by atoms with Gasteiger partial charge in [0.25, 0.3) is 0 Å². The first-order valence-corrected chi connectivity index (χ1v) is 9.19. The molecule has 0 spiro atoms. The maximum Gasteiger partial charge on any atom is 0.0717 e. The normalized spacial score (nSPS) is 21.5. The van der Waals surface area contributed by atoms with Crippen LogP contribution in [0.1, 0.15) is 51.5 Å². The molecule has 0 saturated carbocycles. The minimum atomic E-state index is 0.560. The molecule has 0 aliphatic carbocycles. The summed E-state index contributed by atoms with van der Waals surface area (Å²) in [6.45, 7) is 6.10. The molecule has 0 saturated heterocycles. The fourth-order valence-electron chi connectivity index (χ4n) is 2.71. The zero-order valence-corrected chi connectivity index (χ0v) is 14.2. The molecule has 1 nitrogen and oxygen atoms in total. The van der Waals surface area contributed by atoms with Gasteiger partial charge in [0.15, 0.2) is 0 Å². The minimum Gasteiger partial charge on any atom is -0.375 e. The molecule has 116 valence electrons. The van der Waals surface area contributed by atoms with Crippen molar-refractivity contribution in [3.8, 4) is 0 Å². The summed E-state index contributed by atoms with van der Waals surface area (Å²) in [4.78, 5) is 0. The van der Waals surface area contributed by atoms with Crippen molar-refractivity contribution in [2.45, 2.75) is 63.1 Å². The highest BCUT2D eigenvalue weighted by molar-refractivity contribution is 8.01. The van der Waals surface area contributed by atoms with Crippen LogP contribution in [0.15, 0.2) is 42.0 Å². The van der Waals surface area contributed by atoms with Gasteiger partial charge in [-0.25, -0.2) is 0 Å². The Bertz CT molecular complexity index is 426. The van der Waals surface area contributed by atoms with Crippen LogP contribution < -0.4 is 0 Å². The third kappa shape index (κ3) is 5.88. The number of ether oxygens (including phenoxy) is 1. The highest BCUT2D eigenvalue weighted by Crippen LogP contribution is 2.36. The van der Waals surface area contributed by atoms with Gasteiger partial charge >= 0.3 is 0 Å². The first-order chi connectivity index (χ1) is 10.3. The maximum absolute atomic E-state index is 5.90. The molecule has 1 aliphatic heterocycles. The Morgan fingerprint density at radius 2 is 1.90 bits per heavy atom. The molecule has 0 fully saturated rings. The Morgan fingerprint density at radius 3 is 2.67 bits per heavy atom. The molecule has 0 N–H and O–H groups in total. The van der Waals surface area contributed by atoms with E-state index in [2.05, 4.69) is 56.0 Å². The molecule has 0 aromatic heterocycles. The molecule has 1 heterocycles. The Kier molecular flexibility index (Phi) is 7.38. The van der Waals surface area contributed by atoms with Crippen LogP contribution in [0.3, 0.4) is 0 Å². The van der Waals surface area contributed by atoms with Crippen LogP contribution >= 0.6 is 11.8 Å². The van der Waals surface area contributed by atoms with Crippen molar-refractivity contribution in [1.82, 2.24) is 0 Å². The molecular weight excluding hydrogens is 276 g/mol. The molecular formula is C19H28OS. The highest BCUT2D eigenvalue weighted by Gasteiger charge is 2.24. The fourth-order valence-corrected chi connectivity index (χ4v) is 4.20. The zero-order chi connectivity index (χ0) is 14.9. The molecule has 0 amide bonds. The number of hydrogen-bond donors (Lipinski definition) is 0. The first kappa shape index (κ1) is 16.6. The monoisotopic (exact) mass is 304 g/mol. The predicted molar refractivity (Wildman–Crippen MR) is 93.8 cm³/mol. The van der Waals surface area contributed by atoms with Gasteiger partial charge in [0.1, 0.15) is 0 Å². The SMILES string of the molecule is CCCCCC[C@H]1C=C(C)[C@H](COCc2ccccc2)S1. The Morgan fingerprint density at radius 1 is 1.10 bits per heavy atom. The second kappa shape index (κ2) is 9.32. The molecule has 1 aliphatic rings. The number of thioether (sulfide) groups is 1. The van der Waals surface area contributed by atoms with Gasteiger partial charge in [0.2, 0.25) is 0 Å². The standard InChI is InChI=1S/C19H28OS/c1-3-4-5-9-12-18-13-16(2)19(21-18)15-20-14-17-10-7-6-8-11-17/h6-8,10-11,13,18-19H,3-5,9,12,14-15H2,1-2H3/t18-,19-/m0/s1. The first-order valence-electron chi connectivity index (χ1n) is 8.25. The van der Waals surface area contributed by atoms with Crippen LogP contribution in [0.25, 0.3) is 0 Å². The lowest BCUT2D eigenvalue weighted by Gasteiger charge is -2.14. The third-order valence-corrected chi connectivity index (χ3v) is 5.58. The lowest BCUT2D eigenvalue weighted by Crippen LogP contribution is -2.11. The van der Waals surface area contributed by atoms with Gasteiger partial charge in [0, 0.05) is 10.5 Å². The van der Waals surface area contributed by atoms with Gasteiger partial charge < -0.3 is 4.74 Å². The smallest absolute Gasteiger partial charge is 0.0717 e. The van der Waals surface area contributed by atoms with E-state index in [0.717, 1.165) is 13.2 Å². The zero-order valence-electron chi connectivity index (χ0n) is 13.4. The van der Waals surface area contributed by atoms with E-state index in [1.807, 2.05) is 6.07 Å². The fraction of sp³-hybridized carbons (Fsp3) is 0.579. The predicted octanol–water partition coefficient (Wildman–Crippen LogP) is 5.60. The van der Waals surface area contributed by atoms with E-state index in [1.165, 1.54) is 43.2 Å². The molecule has 0 radical (unpaired) electrons. The average molecular weight is 304 g/mol. The largest absolute Gasteiger partial charge is 0.375 e. The van der Waals surface area contributed by atoms with Gasteiger partial charge in [-0.05, 0) is 18.9 Å². The number of unbranched alkanes of at least 4 members (excludes halogenated alkanes) is 3. The lowest BCUT2D eigenvalue weighted by atomic mass is 10.1. The lowest BCUT2D eigenvalue weighted by molar-refractivity contribution is 0.127. The van der Waals surface area contributed by atoms with Gasteiger partial charge in [-0.3, -0.25) is 0 Å². The van der Waals surface area contributed by atoms with Gasteiger partial charge in [-0.1, -0.05) is 74.6 Å². The molecule has 0 bridgehead atoms. The Labute approximate surface area is 134 Å². The summed E-state index contributed by atoms with van der Waals surface area (Å²) in [6, 6.07) is 10.4. The van der Waals surface area contributed by atoms with E-state index in [0.29, 0.717) is 10.5 Å². The molecule has 2 atom stereocenters. The van der Waals surface area contributed by atoms with E-state index < -0.39 is 0 Å². The van der Waals surface area contributed by atoms with E-state index in [9.17, 15) is 0 Å². The van der Waals surface area contributed by atoms with Crippen molar-refractivity contribution >= 4 is 11.8 Å². The molecule has 2 rings (SSSR count). The third-order valence-electron chi connectivity index (χ3n) is 4.02. The molecule has 21 heavy (non-hydrogen) atoms. The number of rotatable bonds is 9. The Balaban J connectivity index is 1.65. The molecule has 2 heteroatoms. The topological polar surface area (TPSA) is 9.23 Å². The summed E-state index contributed by atoms with van der Waals surface area (Å²) in [5.74, 6) is 0. The van der Waals surface area contributed by atoms with Crippen molar-refractivity contribution < 1.29 is 4.74 Å². The summed E-state index contributed by atoms with van der Waals surface area (Å²) in [5, 5.41) is 1.28. The molecule has 1 aromatic rings. The van der Waals surface area contributed by atoms with Crippen molar-refractivity contribution in [3.05, 3.63) is 47.5 Å². The van der Waals surface area contributed by atoms with E-state index in [4.69, 9.17) is 4.74 Å². The number of hydrogen-bond acceptors (Lipinski definition) is 2. The molecule has 0 unspecified atom stereocenters. The van der Waals surface area contributed by atoms with E-state index >= 15 is 0 Å². The van der Waals surface area contributed by atoms with Gasteiger partial charge in [0.05, 0.1) is 13.2 Å². The summed E-state index contributed by atoms with van der Waals surface area (Å²) in [6.07, 6.45) is 9.25. The second-order valence-corrected chi connectivity index (χ2v) is 7.37. The second-order valence-electron chi connectivity index (χ2n) is 5.92. The van der Waals surface area contributed by atoms with Crippen molar-refractivity contribution in [2.24, 2.45) is 0 Å². The van der Waals surface area contributed by atoms with Gasteiger partial charge in [-0.15, -0.1) is 11.8 Å². The maximum atomic E-state index is 5.90. The average Bonchev–Trinajstić information content (AvgIpc) is 2.85. The van der Waals surface area contributed by atoms with E-state index in [-0.39, 0.29) is 0 Å². The summed E-state index contributed by atoms with van der Waals surface area (Å²) in [7, 11) is 0. The van der Waals surface area contributed by atoms with Crippen LogP contribution in [-0.4, -0.2) is 17.1 Å². The minimum absolute atomic E-state index is 0.560. The summed E-state index contributed by atoms with van der Waals surface area (Å²) in [5.41, 5.74) is 2.77. The number of benzene rings is 1. The summed E-state index contributed by atoms with van der Waals surface area (Å²) >= 11 is 2.09. The highest BCUT2D eigenvalue weighted by atomic mass is 32.2. The van der Waals surface area contributed by atoms with Crippen LogP contribution in [0.5, 0.6) is 0 Å². The van der Waals surface area contributed by atoms with Crippen molar-refractivity contribution in [2.75, 3.05) is 6.61 Å². The quantitative estimate of drug-likeness (QED) is 0.433. The van der Waals surface area contributed by atoms with Crippen LogP contribution in [-0.2, 0) is 11.3 Å². The Hall–Kier alpha value is -0.730. The van der Waals surface area contributed by atoms with Crippen molar-refractivity contribution in [3.63, 3.8) is 0 Å². The van der Waals surface area contributed by atoms with E-state index in [1.54, 1.807) is 0 Å². The molecule has 1 aromatic carbocycles.